The van der Waals surface area contributed by atoms with Gasteiger partial charge in [-0.3, -0.25) is 4.98 Å². The van der Waals surface area contributed by atoms with Gasteiger partial charge in [-0.15, -0.1) is 0 Å². The summed E-state index contributed by atoms with van der Waals surface area (Å²) in [6.45, 7) is 0. The molecule has 0 radical (unpaired) electrons. The van der Waals surface area contributed by atoms with Gasteiger partial charge in [-0.1, -0.05) is 12.1 Å². The lowest BCUT2D eigenvalue weighted by Gasteiger charge is -2.02. The van der Waals surface area contributed by atoms with Crippen molar-refractivity contribution in [3.8, 4) is 28.3 Å². The fraction of sp³-hybridized carbons (Fsp3) is 0.0556. The molecule has 0 saturated heterocycles. The molecule has 0 aliphatic rings. The number of benzene rings is 1. The summed E-state index contributed by atoms with van der Waals surface area (Å²) in [7, 11) is 1.65. The molecule has 0 unspecified atom stereocenters. The zero-order valence-electron chi connectivity index (χ0n) is 12.4. The Morgan fingerprint density at radius 3 is 2.57 bits per heavy atom. The van der Waals surface area contributed by atoms with E-state index in [1.165, 1.54) is 0 Å². The van der Waals surface area contributed by atoms with Crippen LogP contribution in [0, 0.1) is 0 Å². The fourth-order valence-corrected chi connectivity index (χ4v) is 2.38. The Bertz CT molecular complexity index is 947. The number of rotatable bonds is 3. The summed E-state index contributed by atoms with van der Waals surface area (Å²) in [6, 6.07) is 13.5. The van der Waals surface area contributed by atoms with Gasteiger partial charge in [0.25, 0.3) is 0 Å². The van der Waals surface area contributed by atoms with Gasteiger partial charge < -0.3 is 9.15 Å². The minimum atomic E-state index is 0.515. The van der Waals surface area contributed by atoms with Gasteiger partial charge in [-0.25, -0.2) is 9.97 Å². The number of hydrogen-bond acceptors (Lipinski definition) is 5. The smallest absolute Gasteiger partial charge is 0.247 e. The maximum Gasteiger partial charge on any atom is 0.247 e. The second-order valence-electron chi connectivity index (χ2n) is 5.04. The second kappa shape index (κ2) is 5.53. The molecular formula is C18H13N3O2. The first-order valence-electron chi connectivity index (χ1n) is 7.15. The molecule has 112 valence electrons. The lowest BCUT2D eigenvalue weighted by atomic mass is 10.1. The van der Waals surface area contributed by atoms with Gasteiger partial charge in [0.2, 0.25) is 11.6 Å². The van der Waals surface area contributed by atoms with Crippen LogP contribution in [-0.4, -0.2) is 22.1 Å². The number of oxazole rings is 1. The minimum absolute atomic E-state index is 0.515. The molecule has 0 N–H and O–H groups in total. The van der Waals surface area contributed by atoms with Crippen molar-refractivity contribution >= 4 is 11.2 Å². The summed E-state index contributed by atoms with van der Waals surface area (Å²) in [5.74, 6) is 1.34. The quantitative estimate of drug-likeness (QED) is 0.573. The van der Waals surface area contributed by atoms with E-state index in [9.17, 15) is 0 Å². The third kappa shape index (κ3) is 2.53. The summed E-state index contributed by atoms with van der Waals surface area (Å²) in [4.78, 5) is 13.0. The lowest BCUT2D eigenvalue weighted by molar-refractivity contribution is 0.415. The Labute approximate surface area is 132 Å². The van der Waals surface area contributed by atoms with Crippen molar-refractivity contribution in [2.24, 2.45) is 0 Å². The first-order valence-corrected chi connectivity index (χ1v) is 7.15. The standard InChI is InChI=1S/C18H13N3O2/c1-22-15-6-4-12(5-7-15)14-9-16-18(20-11-14)23-17(21-16)13-3-2-8-19-10-13/h2-11H,1H3. The average Bonchev–Trinajstić information content (AvgIpc) is 3.06. The van der Waals surface area contributed by atoms with Crippen molar-refractivity contribution in [3.05, 3.63) is 61.1 Å². The SMILES string of the molecule is COc1ccc(-c2cnc3oc(-c4cccnc4)nc3c2)cc1. The van der Waals surface area contributed by atoms with Crippen molar-refractivity contribution in [2.45, 2.75) is 0 Å². The Hall–Kier alpha value is -3.21. The molecule has 3 aromatic heterocycles. The highest BCUT2D eigenvalue weighted by molar-refractivity contribution is 5.78. The van der Waals surface area contributed by atoms with Crippen molar-refractivity contribution in [1.82, 2.24) is 15.0 Å². The van der Waals surface area contributed by atoms with Crippen LogP contribution in [0.3, 0.4) is 0 Å². The molecule has 0 bridgehead atoms. The topological polar surface area (TPSA) is 61.0 Å². The van der Waals surface area contributed by atoms with Crippen molar-refractivity contribution in [1.29, 1.82) is 0 Å². The highest BCUT2D eigenvalue weighted by Crippen LogP contribution is 2.27. The van der Waals surface area contributed by atoms with E-state index in [2.05, 4.69) is 15.0 Å². The van der Waals surface area contributed by atoms with E-state index < -0.39 is 0 Å². The summed E-state index contributed by atoms with van der Waals surface area (Å²) in [5.41, 5.74) is 4.09. The molecule has 0 aliphatic heterocycles. The first kappa shape index (κ1) is 13.5. The maximum atomic E-state index is 5.70. The number of ether oxygens (including phenoxy) is 1. The maximum absolute atomic E-state index is 5.70. The van der Waals surface area contributed by atoms with Crippen molar-refractivity contribution in [3.63, 3.8) is 0 Å². The molecule has 0 fully saturated rings. The monoisotopic (exact) mass is 303 g/mol. The number of pyridine rings is 2. The van der Waals surface area contributed by atoms with Crippen LogP contribution in [-0.2, 0) is 0 Å². The lowest BCUT2D eigenvalue weighted by Crippen LogP contribution is -1.84. The number of methoxy groups -OCH3 is 1. The van der Waals surface area contributed by atoms with Gasteiger partial charge in [-0.2, -0.15) is 0 Å². The molecule has 0 spiro atoms. The summed E-state index contributed by atoms with van der Waals surface area (Å²) < 4.78 is 10.9. The molecule has 0 atom stereocenters. The molecule has 4 rings (SSSR count). The third-order valence-electron chi connectivity index (χ3n) is 3.58. The normalized spacial score (nSPS) is 10.8. The van der Waals surface area contributed by atoms with E-state index in [-0.39, 0.29) is 0 Å². The zero-order chi connectivity index (χ0) is 15.6. The van der Waals surface area contributed by atoms with E-state index in [1.807, 2.05) is 42.5 Å². The second-order valence-corrected chi connectivity index (χ2v) is 5.04. The van der Waals surface area contributed by atoms with Crippen LogP contribution >= 0.6 is 0 Å². The molecular weight excluding hydrogens is 290 g/mol. The molecule has 5 nitrogen and oxygen atoms in total. The highest BCUT2D eigenvalue weighted by atomic mass is 16.5. The van der Waals surface area contributed by atoms with E-state index in [1.54, 1.807) is 25.7 Å². The van der Waals surface area contributed by atoms with Crippen LogP contribution in [0.15, 0.2) is 65.5 Å². The Morgan fingerprint density at radius 1 is 0.957 bits per heavy atom. The average molecular weight is 303 g/mol. The fourth-order valence-electron chi connectivity index (χ4n) is 2.38. The molecule has 0 aliphatic carbocycles. The molecule has 5 heteroatoms. The third-order valence-corrected chi connectivity index (χ3v) is 3.58. The van der Waals surface area contributed by atoms with Gasteiger partial charge in [0.15, 0.2) is 0 Å². The van der Waals surface area contributed by atoms with Crippen LogP contribution < -0.4 is 4.74 Å². The van der Waals surface area contributed by atoms with E-state index in [4.69, 9.17) is 9.15 Å². The van der Waals surface area contributed by atoms with Crippen LogP contribution in [0.5, 0.6) is 5.75 Å². The van der Waals surface area contributed by atoms with Crippen molar-refractivity contribution in [2.75, 3.05) is 7.11 Å². The first-order chi connectivity index (χ1) is 11.3. The van der Waals surface area contributed by atoms with E-state index >= 15 is 0 Å². The van der Waals surface area contributed by atoms with Gasteiger partial charge in [0, 0.05) is 24.2 Å². The molecule has 4 aromatic rings. The summed E-state index contributed by atoms with van der Waals surface area (Å²) in [5, 5.41) is 0. The van der Waals surface area contributed by atoms with Crippen LogP contribution in [0.2, 0.25) is 0 Å². The van der Waals surface area contributed by atoms with E-state index in [0.29, 0.717) is 11.6 Å². The van der Waals surface area contributed by atoms with Gasteiger partial charge in [0.1, 0.15) is 11.3 Å². The number of hydrogen-bond donors (Lipinski definition) is 0. The highest BCUT2D eigenvalue weighted by Gasteiger charge is 2.10. The Balaban J connectivity index is 1.75. The molecule has 3 heterocycles. The largest absolute Gasteiger partial charge is 0.497 e. The minimum Gasteiger partial charge on any atom is -0.497 e. The van der Waals surface area contributed by atoms with Crippen LogP contribution in [0.1, 0.15) is 0 Å². The van der Waals surface area contributed by atoms with Crippen LogP contribution in [0.25, 0.3) is 33.8 Å². The predicted octanol–water partition coefficient (Wildman–Crippen LogP) is 3.96. The Morgan fingerprint density at radius 2 is 1.83 bits per heavy atom. The molecule has 1 aromatic carbocycles. The predicted molar refractivity (Wildman–Crippen MR) is 87.0 cm³/mol. The zero-order valence-corrected chi connectivity index (χ0v) is 12.4. The summed E-state index contributed by atoms with van der Waals surface area (Å²) >= 11 is 0. The molecule has 0 amide bonds. The van der Waals surface area contributed by atoms with Gasteiger partial charge in [0.05, 0.1) is 12.7 Å². The number of aromatic nitrogens is 3. The van der Waals surface area contributed by atoms with Gasteiger partial charge in [-0.05, 0) is 35.9 Å². The van der Waals surface area contributed by atoms with Crippen molar-refractivity contribution < 1.29 is 9.15 Å². The number of nitrogens with zero attached hydrogens (tertiary/aromatic N) is 3. The molecule has 23 heavy (non-hydrogen) atoms. The van der Waals surface area contributed by atoms with Crippen LogP contribution in [0.4, 0.5) is 0 Å². The van der Waals surface area contributed by atoms with E-state index in [0.717, 1.165) is 28.0 Å². The van der Waals surface area contributed by atoms with Gasteiger partial charge >= 0.3 is 0 Å². The Kier molecular flexibility index (Phi) is 3.24. The summed E-state index contributed by atoms with van der Waals surface area (Å²) in [6.07, 6.45) is 5.21. The number of fused-ring (bicyclic) bond motifs is 1. The molecule has 0 saturated carbocycles.